The molecule has 0 radical (unpaired) electrons. The minimum absolute atomic E-state index is 0.145. The van der Waals surface area contributed by atoms with E-state index >= 15 is 0 Å². The Bertz CT molecular complexity index is 1050. The van der Waals surface area contributed by atoms with E-state index < -0.39 is 0 Å². The normalized spacial score (nSPS) is 10.2. The molecule has 0 atom stereocenters. The highest BCUT2D eigenvalue weighted by atomic mass is 32.1. The van der Waals surface area contributed by atoms with E-state index in [9.17, 15) is 14.0 Å². The third-order valence-electron chi connectivity index (χ3n) is 4.48. The van der Waals surface area contributed by atoms with Crippen molar-refractivity contribution in [2.24, 2.45) is 0 Å². The van der Waals surface area contributed by atoms with Crippen molar-refractivity contribution < 1.29 is 23.5 Å². The summed E-state index contributed by atoms with van der Waals surface area (Å²) in [7, 11) is 1.50. The summed E-state index contributed by atoms with van der Waals surface area (Å²) in [6.07, 6.45) is 0.583. The quantitative estimate of drug-likeness (QED) is 0.491. The number of benzene rings is 2. The molecule has 2 aromatic carbocycles. The van der Waals surface area contributed by atoms with Crippen LogP contribution in [0.15, 0.2) is 41.8 Å². The molecule has 1 aromatic heterocycles. The molecular weight excluding hydrogens is 431 g/mol. The van der Waals surface area contributed by atoms with Crippen LogP contribution in [0.25, 0.3) is 10.1 Å². The summed E-state index contributed by atoms with van der Waals surface area (Å²) in [6.45, 7) is 6.59. The van der Waals surface area contributed by atoms with Crippen LogP contribution in [0.4, 0.5) is 4.39 Å². The van der Waals surface area contributed by atoms with E-state index in [0.29, 0.717) is 41.3 Å². The van der Waals surface area contributed by atoms with Crippen molar-refractivity contribution in [2.75, 3.05) is 26.8 Å². The fourth-order valence-corrected chi connectivity index (χ4v) is 4.03. The maximum atomic E-state index is 13.8. The Morgan fingerprint density at radius 1 is 1.09 bits per heavy atom. The lowest BCUT2D eigenvalue weighted by Gasteiger charge is -2.11. The van der Waals surface area contributed by atoms with Gasteiger partial charge in [-0.1, -0.05) is 26.0 Å². The molecule has 3 aromatic rings. The average molecular weight is 461 g/mol. The zero-order valence-corrected chi connectivity index (χ0v) is 19.6. The molecule has 32 heavy (non-hydrogen) atoms. The largest absolute Gasteiger partial charge is 0.493 e. The maximum Gasteiger partial charge on any atom is 0.251 e. The molecule has 0 bridgehead atoms. The smallest absolute Gasteiger partial charge is 0.251 e. The third-order valence-corrected chi connectivity index (χ3v) is 5.54. The van der Waals surface area contributed by atoms with Crippen LogP contribution >= 0.6 is 11.3 Å². The van der Waals surface area contributed by atoms with Gasteiger partial charge in [-0.2, -0.15) is 0 Å². The molecule has 1 heterocycles. The molecule has 0 spiro atoms. The van der Waals surface area contributed by atoms with Crippen LogP contribution in [0.3, 0.4) is 0 Å². The van der Waals surface area contributed by atoms with Crippen LogP contribution in [0.2, 0.25) is 0 Å². The van der Waals surface area contributed by atoms with Crippen molar-refractivity contribution in [3.05, 3.63) is 58.7 Å². The van der Waals surface area contributed by atoms with Crippen molar-refractivity contribution in [1.29, 1.82) is 0 Å². The number of methoxy groups -OCH3 is 1. The Balaban J connectivity index is 0.00000176. The number of rotatable bonds is 9. The molecule has 2 N–H and O–H groups in total. The van der Waals surface area contributed by atoms with Crippen molar-refractivity contribution in [1.82, 2.24) is 10.6 Å². The first kappa shape index (κ1) is 25.1. The number of ether oxygens (including phenoxy) is 2. The number of fused-ring (bicyclic) bond motifs is 1. The van der Waals surface area contributed by atoms with Gasteiger partial charge in [0.25, 0.3) is 5.91 Å². The zero-order valence-electron chi connectivity index (χ0n) is 18.8. The monoisotopic (exact) mass is 460 g/mol. The molecular formula is C24H29FN2O4S. The first-order valence-electron chi connectivity index (χ1n) is 10.5. The van der Waals surface area contributed by atoms with E-state index in [0.717, 1.165) is 10.9 Å². The van der Waals surface area contributed by atoms with Crippen LogP contribution in [0.1, 0.15) is 36.7 Å². The van der Waals surface area contributed by atoms with Gasteiger partial charge in [-0.25, -0.2) is 4.39 Å². The molecule has 0 aliphatic carbocycles. The molecule has 8 heteroatoms. The first-order chi connectivity index (χ1) is 15.5. The van der Waals surface area contributed by atoms with E-state index in [1.807, 2.05) is 32.2 Å². The Morgan fingerprint density at radius 2 is 1.88 bits per heavy atom. The topological polar surface area (TPSA) is 76.7 Å². The minimum Gasteiger partial charge on any atom is -0.493 e. The fourth-order valence-electron chi connectivity index (χ4n) is 3.01. The summed E-state index contributed by atoms with van der Waals surface area (Å²) in [5, 5.41) is 8.13. The molecule has 0 aliphatic heterocycles. The van der Waals surface area contributed by atoms with Crippen LogP contribution in [-0.2, 0) is 11.2 Å². The van der Waals surface area contributed by atoms with Gasteiger partial charge >= 0.3 is 0 Å². The van der Waals surface area contributed by atoms with E-state index in [1.54, 1.807) is 24.3 Å². The Hall–Kier alpha value is -3.13. The van der Waals surface area contributed by atoms with Crippen molar-refractivity contribution in [3.8, 4) is 11.5 Å². The van der Waals surface area contributed by atoms with Gasteiger partial charge in [-0.05, 0) is 53.9 Å². The third kappa shape index (κ3) is 6.43. The molecule has 2 amide bonds. The van der Waals surface area contributed by atoms with Gasteiger partial charge in [-0.3, -0.25) is 9.59 Å². The average Bonchev–Trinajstić information content (AvgIpc) is 3.23. The number of amides is 2. The number of hydrogen-bond donors (Lipinski definition) is 2. The fraction of sp³-hybridized carbons (Fsp3) is 0.333. The second kappa shape index (κ2) is 12.7. The van der Waals surface area contributed by atoms with Crippen molar-refractivity contribution in [3.63, 3.8) is 0 Å². The predicted octanol–water partition coefficient (Wildman–Crippen LogP) is 4.56. The molecule has 0 aliphatic rings. The molecule has 0 saturated heterocycles. The SMILES string of the molecule is CC.CCOc1ccc(C(=O)NCC(=O)NCCc2csc3c(F)cccc23)cc1OC. The number of halogens is 1. The summed E-state index contributed by atoms with van der Waals surface area (Å²) in [4.78, 5) is 24.4. The summed E-state index contributed by atoms with van der Waals surface area (Å²) in [5.74, 6) is 0.0858. The van der Waals surface area contributed by atoms with Gasteiger partial charge in [0.2, 0.25) is 5.91 Å². The second-order valence-corrected chi connectivity index (χ2v) is 7.34. The Labute approximate surface area is 191 Å². The highest BCUT2D eigenvalue weighted by molar-refractivity contribution is 7.17. The molecule has 0 saturated carbocycles. The number of nitrogens with one attached hydrogen (secondary N) is 2. The lowest BCUT2D eigenvalue weighted by atomic mass is 10.1. The van der Waals surface area contributed by atoms with E-state index in [2.05, 4.69) is 10.6 Å². The van der Waals surface area contributed by atoms with Crippen LogP contribution < -0.4 is 20.1 Å². The zero-order chi connectivity index (χ0) is 23.5. The summed E-state index contributed by atoms with van der Waals surface area (Å²) in [5.41, 5.74) is 1.36. The van der Waals surface area contributed by atoms with Crippen LogP contribution in [0.5, 0.6) is 11.5 Å². The van der Waals surface area contributed by atoms with Crippen molar-refractivity contribution in [2.45, 2.75) is 27.2 Å². The summed E-state index contributed by atoms with van der Waals surface area (Å²) in [6, 6.07) is 9.83. The minimum atomic E-state index is -0.384. The lowest BCUT2D eigenvalue weighted by Crippen LogP contribution is -2.37. The molecule has 172 valence electrons. The maximum absolute atomic E-state index is 13.8. The molecule has 0 unspecified atom stereocenters. The molecule has 3 rings (SSSR count). The van der Waals surface area contributed by atoms with Gasteiger partial charge in [0, 0.05) is 12.1 Å². The van der Waals surface area contributed by atoms with E-state index in [-0.39, 0.29) is 24.2 Å². The Kier molecular flexibility index (Phi) is 9.94. The summed E-state index contributed by atoms with van der Waals surface area (Å²) < 4.78 is 25.0. The molecule has 0 fully saturated rings. The van der Waals surface area contributed by atoms with E-state index in [4.69, 9.17) is 9.47 Å². The molecule has 6 nitrogen and oxygen atoms in total. The number of carbonyl (C=O) groups is 2. The lowest BCUT2D eigenvalue weighted by molar-refractivity contribution is -0.120. The van der Waals surface area contributed by atoms with Crippen LogP contribution in [-0.4, -0.2) is 38.6 Å². The number of carbonyl (C=O) groups excluding carboxylic acids is 2. The van der Waals surface area contributed by atoms with Gasteiger partial charge in [0.15, 0.2) is 11.5 Å². The van der Waals surface area contributed by atoms with Crippen molar-refractivity contribution >= 4 is 33.2 Å². The summed E-state index contributed by atoms with van der Waals surface area (Å²) >= 11 is 1.35. The number of hydrogen-bond acceptors (Lipinski definition) is 5. The predicted molar refractivity (Wildman–Crippen MR) is 126 cm³/mol. The standard InChI is InChI=1S/C22H23FN2O4S.C2H6/c1-3-29-18-8-7-14(11-19(18)28-2)22(27)25-12-20(26)24-10-9-15-13-30-21-16(15)5-4-6-17(21)23;1-2/h4-8,11,13H,3,9-10,12H2,1-2H3,(H,24,26)(H,25,27);1-2H3. The van der Waals surface area contributed by atoms with Gasteiger partial charge in [-0.15, -0.1) is 11.3 Å². The van der Waals surface area contributed by atoms with Gasteiger partial charge in [0.05, 0.1) is 25.0 Å². The van der Waals surface area contributed by atoms with E-state index in [1.165, 1.54) is 24.5 Å². The highest BCUT2D eigenvalue weighted by Crippen LogP contribution is 2.29. The first-order valence-corrected chi connectivity index (χ1v) is 11.4. The van der Waals surface area contributed by atoms with Gasteiger partial charge < -0.3 is 20.1 Å². The second-order valence-electron chi connectivity index (χ2n) is 6.46. The highest BCUT2D eigenvalue weighted by Gasteiger charge is 2.13. The number of thiophene rings is 1. The van der Waals surface area contributed by atoms with Gasteiger partial charge in [0.1, 0.15) is 5.82 Å². The van der Waals surface area contributed by atoms with Crippen LogP contribution in [0, 0.1) is 5.82 Å². The Morgan fingerprint density at radius 3 is 2.59 bits per heavy atom.